The number of halogens is 1. The van der Waals surface area contributed by atoms with Crippen LogP contribution in [0.1, 0.15) is 27.2 Å². The summed E-state index contributed by atoms with van der Waals surface area (Å²) in [6.07, 6.45) is -0.299. The summed E-state index contributed by atoms with van der Waals surface area (Å²) in [6.45, 7) is 5.12. The van der Waals surface area contributed by atoms with E-state index in [1.165, 1.54) is 0 Å². The van der Waals surface area contributed by atoms with Crippen LogP contribution in [0.5, 0.6) is 0 Å². The first-order valence-corrected chi connectivity index (χ1v) is 3.92. The SMILES string of the molecule is CC(C)(C)OC(=O)C[C@@H](N)C(=O)O.Cl. The lowest BCUT2D eigenvalue weighted by Crippen LogP contribution is -2.35. The Morgan fingerprint density at radius 1 is 1.43 bits per heavy atom. The Morgan fingerprint density at radius 2 is 1.86 bits per heavy atom. The van der Waals surface area contributed by atoms with Crippen LogP contribution in [-0.2, 0) is 14.3 Å². The van der Waals surface area contributed by atoms with E-state index < -0.39 is 23.6 Å². The molecule has 0 aliphatic carbocycles. The zero-order valence-electron chi connectivity index (χ0n) is 8.44. The van der Waals surface area contributed by atoms with Gasteiger partial charge in [-0.1, -0.05) is 0 Å². The van der Waals surface area contributed by atoms with Gasteiger partial charge in [0.15, 0.2) is 0 Å². The second-order valence-corrected chi connectivity index (χ2v) is 3.74. The third-order valence-corrected chi connectivity index (χ3v) is 1.12. The molecule has 0 aliphatic rings. The molecule has 0 radical (unpaired) electrons. The molecule has 0 aromatic heterocycles. The number of esters is 1. The molecular weight excluding hydrogens is 210 g/mol. The van der Waals surface area contributed by atoms with Crippen molar-refractivity contribution in [2.24, 2.45) is 5.73 Å². The molecule has 14 heavy (non-hydrogen) atoms. The number of ether oxygens (including phenoxy) is 1. The highest BCUT2D eigenvalue weighted by Gasteiger charge is 2.21. The third-order valence-electron chi connectivity index (χ3n) is 1.12. The van der Waals surface area contributed by atoms with Gasteiger partial charge in [-0.3, -0.25) is 9.59 Å². The first-order chi connectivity index (χ1) is 5.72. The summed E-state index contributed by atoms with van der Waals surface area (Å²) < 4.78 is 4.88. The predicted octanol–water partition coefficient (Wildman–Crippen LogP) is 0.552. The van der Waals surface area contributed by atoms with Crippen LogP contribution in [0, 0.1) is 0 Å². The summed E-state index contributed by atoms with van der Waals surface area (Å²) in [5.74, 6) is -1.80. The second kappa shape index (κ2) is 5.82. The van der Waals surface area contributed by atoms with Crippen LogP contribution in [0.25, 0.3) is 0 Å². The Hall–Kier alpha value is -0.810. The lowest BCUT2D eigenvalue weighted by Gasteiger charge is -2.19. The van der Waals surface area contributed by atoms with Gasteiger partial charge >= 0.3 is 11.9 Å². The first-order valence-electron chi connectivity index (χ1n) is 3.92. The van der Waals surface area contributed by atoms with Gasteiger partial charge in [-0.25, -0.2) is 0 Å². The molecule has 3 N–H and O–H groups in total. The number of hydrogen-bond donors (Lipinski definition) is 2. The number of nitrogens with two attached hydrogens (primary N) is 1. The lowest BCUT2D eigenvalue weighted by molar-refractivity contribution is -0.157. The van der Waals surface area contributed by atoms with Crippen LogP contribution >= 0.6 is 12.4 Å². The number of hydrogen-bond acceptors (Lipinski definition) is 4. The number of carbonyl (C=O) groups is 2. The number of carboxylic acid groups (broad SMARTS) is 1. The molecule has 5 nitrogen and oxygen atoms in total. The fourth-order valence-corrected chi connectivity index (χ4v) is 0.650. The minimum absolute atomic E-state index is 0. The molecule has 0 aromatic rings. The summed E-state index contributed by atoms with van der Waals surface area (Å²) >= 11 is 0. The van der Waals surface area contributed by atoms with Crippen molar-refractivity contribution in [1.82, 2.24) is 0 Å². The van der Waals surface area contributed by atoms with E-state index in [9.17, 15) is 9.59 Å². The van der Waals surface area contributed by atoms with Gasteiger partial charge in [0.2, 0.25) is 0 Å². The number of carbonyl (C=O) groups excluding carboxylic acids is 1. The summed E-state index contributed by atoms with van der Waals surface area (Å²) in [6, 6.07) is -1.19. The molecule has 0 heterocycles. The second-order valence-electron chi connectivity index (χ2n) is 3.74. The van der Waals surface area contributed by atoms with Crippen LogP contribution < -0.4 is 5.73 Å². The predicted molar refractivity (Wildman–Crippen MR) is 53.3 cm³/mol. The van der Waals surface area contributed by atoms with Crippen molar-refractivity contribution in [3.8, 4) is 0 Å². The number of rotatable bonds is 3. The minimum Gasteiger partial charge on any atom is -0.480 e. The first kappa shape index (κ1) is 15.7. The van der Waals surface area contributed by atoms with Gasteiger partial charge in [0.05, 0.1) is 6.42 Å². The van der Waals surface area contributed by atoms with E-state index in [1.54, 1.807) is 20.8 Å². The molecule has 0 bridgehead atoms. The molecule has 6 heteroatoms. The van der Waals surface area contributed by atoms with E-state index in [2.05, 4.69) is 0 Å². The monoisotopic (exact) mass is 225 g/mol. The van der Waals surface area contributed by atoms with Crippen molar-refractivity contribution in [3.63, 3.8) is 0 Å². The Bertz CT molecular complexity index is 212. The van der Waals surface area contributed by atoms with Gasteiger partial charge in [-0.15, -0.1) is 12.4 Å². The van der Waals surface area contributed by atoms with Crippen LogP contribution in [0.3, 0.4) is 0 Å². The molecule has 0 unspecified atom stereocenters. The summed E-state index contributed by atoms with van der Waals surface area (Å²) in [4.78, 5) is 21.3. The summed E-state index contributed by atoms with van der Waals surface area (Å²) in [7, 11) is 0. The average Bonchev–Trinajstić information content (AvgIpc) is 1.81. The Morgan fingerprint density at radius 3 is 2.14 bits per heavy atom. The molecule has 0 saturated carbocycles. The van der Waals surface area contributed by atoms with Crippen molar-refractivity contribution in [2.45, 2.75) is 38.8 Å². The quantitative estimate of drug-likeness (QED) is 0.685. The average molecular weight is 226 g/mol. The molecular formula is C8H16ClNO4. The maximum absolute atomic E-state index is 11.0. The molecule has 0 saturated heterocycles. The van der Waals surface area contributed by atoms with Crippen molar-refractivity contribution in [3.05, 3.63) is 0 Å². The van der Waals surface area contributed by atoms with Crippen LogP contribution in [0.4, 0.5) is 0 Å². The maximum Gasteiger partial charge on any atom is 0.321 e. The van der Waals surface area contributed by atoms with Gasteiger partial charge < -0.3 is 15.6 Å². The minimum atomic E-state index is -1.20. The Kier molecular flexibility index (Phi) is 6.51. The van der Waals surface area contributed by atoms with E-state index in [-0.39, 0.29) is 18.8 Å². The molecule has 1 atom stereocenters. The fourth-order valence-electron chi connectivity index (χ4n) is 0.650. The van der Waals surface area contributed by atoms with Gasteiger partial charge in [0.1, 0.15) is 11.6 Å². The van der Waals surface area contributed by atoms with E-state index in [1.807, 2.05) is 0 Å². The number of aliphatic carboxylic acids is 1. The third kappa shape index (κ3) is 7.82. The maximum atomic E-state index is 11.0. The molecule has 0 aromatic carbocycles. The van der Waals surface area contributed by atoms with Crippen LogP contribution in [0.2, 0.25) is 0 Å². The van der Waals surface area contributed by atoms with Gasteiger partial charge in [-0.2, -0.15) is 0 Å². The van der Waals surface area contributed by atoms with Crippen molar-refractivity contribution >= 4 is 24.3 Å². The molecule has 84 valence electrons. The molecule has 0 rings (SSSR count). The molecule has 0 aliphatic heterocycles. The molecule has 0 fully saturated rings. The van der Waals surface area contributed by atoms with Crippen molar-refractivity contribution in [1.29, 1.82) is 0 Å². The number of carboxylic acids is 1. The topological polar surface area (TPSA) is 89.6 Å². The molecule has 0 amide bonds. The highest BCUT2D eigenvalue weighted by Crippen LogP contribution is 2.08. The van der Waals surface area contributed by atoms with E-state index >= 15 is 0 Å². The highest BCUT2D eigenvalue weighted by atomic mass is 35.5. The van der Waals surface area contributed by atoms with E-state index in [4.69, 9.17) is 15.6 Å². The normalized spacial score (nSPS) is 12.6. The fraction of sp³-hybridized carbons (Fsp3) is 0.750. The smallest absolute Gasteiger partial charge is 0.321 e. The van der Waals surface area contributed by atoms with E-state index in [0.717, 1.165) is 0 Å². The zero-order chi connectivity index (χ0) is 10.6. The zero-order valence-corrected chi connectivity index (χ0v) is 9.26. The van der Waals surface area contributed by atoms with Crippen molar-refractivity contribution in [2.75, 3.05) is 0 Å². The van der Waals surface area contributed by atoms with Crippen LogP contribution in [0.15, 0.2) is 0 Å². The Balaban J connectivity index is 0. The van der Waals surface area contributed by atoms with Gasteiger partial charge in [0.25, 0.3) is 0 Å². The summed E-state index contributed by atoms with van der Waals surface area (Å²) in [5, 5.41) is 8.40. The van der Waals surface area contributed by atoms with E-state index in [0.29, 0.717) is 0 Å². The van der Waals surface area contributed by atoms with Crippen LogP contribution in [-0.4, -0.2) is 28.7 Å². The molecule has 0 spiro atoms. The Labute approximate surface area is 89.0 Å². The standard InChI is InChI=1S/C8H15NO4.ClH/c1-8(2,3)13-6(10)4-5(9)7(11)12;/h5H,4,9H2,1-3H3,(H,11,12);1H/t5-;/m1./s1. The summed E-state index contributed by atoms with van der Waals surface area (Å²) in [5.41, 5.74) is 4.53. The lowest BCUT2D eigenvalue weighted by atomic mass is 10.2. The van der Waals surface area contributed by atoms with Gasteiger partial charge in [0, 0.05) is 0 Å². The van der Waals surface area contributed by atoms with Crippen molar-refractivity contribution < 1.29 is 19.4 Å². The van der Waals surface area contributed by atoms with Gasteiger partial charge in [-0.05, 0) is 20.8 Å². The largest absolute Gasteiger partial charge is 0.480 e. The highest BCUT2D eigenvalue weighted by molar-refractivity contribution is 5.85.